The average molecular weight is 461 g/mol. The molecule has 7 nitrogen and oxygen atoms in total. The summed E-state index contributed by atoms with van der Waals surface area (Å²) in [6.45, 7) is 3.50. The molecule has 11 heteroatoms. The summed E-state index contributed by atoms with van der Waals surface area (Å²) in [7, 11) is 1.63. The summed E-state index contributed by atoms with van der Waals surface area (Å²) in [5.41, 5.74) is 1.58. The van der Waals surface area contributed by atoms with Crippen LogP contribution in [-0.4, -0.2) is 25.8 Å². The first-order valence-electron chi connectivity index (χ1n) is 9.42. The lowest BCUT2D eigenvalue weighted by atomic mass is 10.1. The van der Waals surface area contributed by atoms with Gasteiger partial charge in [0, 0.05) is 18.0 Å². The summed E-state index contributed by atoms with van der Waals surface area (Å²) in [5, 5.41) is 20.4. The highest BCUT2D eigenvalue weighted by Crippen LogP contribution is 2.35. The average Bonchev–Trinajstić information content (AvgIpc) is 3.32. The number of benzene rings is 2. The van der Waals surface area contributed by atoms with Crippen molar-refractivity contribution in [3.8, 4) is 5.75 Å². The minimum atomic E-state index is -4.48. The molecule has 1 amide bonds. The van der Waals surface area contributed by atoms with E-state index in [1.807, 2.05) is 6.92 Å². The van der Waals surface area contributed by atoms with E-state index in [-0.39, 0.29) is 21.8 Å². The quantitative estimate of drug-likeness (QED) is 0.380. The Labute approximate surface area is 184 Å². The first-order chi connectivity index (χ1) is 15.0. The Morgan fingerprint density at radius 1 is 1.19 bits per heavy atom. The van der Waals surface area contributed by atoms with Crippen LogP contribution in [0.2, 0.25) is 0 Å². The maximum absolute atomic E-state index is 13.1. The first-order valence-corrected chi connectivity index (χ1v) is 10.2. The van der Waals surface area contributed by atoms with Crippen LogP contribution in [0.5, 0.6) is 5.75 Å². The molecule has 2 heterocycles. The monoisotopic (exact) mass is 461 g/mol. The van der Waals surface area contributed by atoms with Crippen molar-refractivity contribution < 1.29 is 23.1 Å². The second kappa shape index (κ2) is 7.83. The zero-order chi connectivity index (χ0) is 23.2. The predicted octanol–water partition coefficient (Wildman–Crippen LogP) is 5.37. The number of carbonyl (C=O) groups is 1. The van der Waals surface area contributed by atoms with Gasteiger partial charge < -0.3 is 15.7 Å². The number of alkyl halides is 3. The molecule has 0 unspecified atom stereocenters. The van der Waals surface area contributed by atoms with Crippen molar-refractivity contribution >= 4 is 44.8 Å². The Bertz CT molecular complexity index is 1340. The molecule has 2 aromatic heterocycles. The van der Waals surface area contributed by atoms with E-state index in [1.165, 1.54) is 16.9 Å². The topological polar surface area (TPSA) is 92.1 Å². The van der Waals surface area contributed by atoms with Crippen LogP contribution in [-0.2, 0) is 13.2 Å². The molecule has 0 fully saturated rings. The van der Waals surface area contributed by atoms with Gasteiger partial charge in [0.2, 0.25) is 0 Å². The maximum Gasteiger partial charge on any atom is 0.416 e. The van der Waals surface area contributed by atoms with Gasteiger partial charge in [-0.15, -0.1) is 0 Å². The normalized spacial score (nSPS) is 11.7. The lowest BCUT2D eigenvalue weighted by Gasteiger charge is -2.11. The molecule has 32 heavy (non-hydrogen) atoms. The van der Waals surface area contributed by atoms with Crippen LogP contribution in [0.1, 0.15) is 26.4 Å². The highest BCUT2D eigenvalue weighted by atomic mass is 32.1. The molecule has 0 bridgehead atoms. The molecule has 0 aliphatic heterocycles. The summed E-state index contributed by atoms with van der Waals surface area (Å²) in [5.74, 6) is -0.148. The Morgan fingerprint density at radius 2 is 1.94 bits per heavy atom. The van der Waals surface area contributed by atoms with Crippen LogP contribution < -0.4 is 10.6 Å². The van der Waals surface area contributed by atoms with Crippen LogP contribution in [0.3, 0.4) is 0 Å². The molecule has 4 rings (SSSR count). The predicted molar refractivity (Wildman–Crippen MR) is 117 cm³/mol. The van der Waals surface area contributed by atoms with Gasteiger partial charge in [0.15, 0.2) is 10.9 Å². The smallest absolute Gasteiger partial charge is 0.416 e. The number of fused-ring (bicyclic) bond motifs is 1. The lowest BCUT2D eigenvalue weighted by Crippen LogP contribution is -2.12. The SMILES string of the molecule is Cc1ccc(O)c(C)c1NC(=O)c1cnc(Nc2nn(C)c3ccc(C(F)(F)F)cc23)s1. The van der Waals surface area contributed by atoms with Gasteiger partial charge in [-0.25, -0.2) is 4.98 Å². The van der Waals surface area contributed by atoms with Crippen LogP contribution >= 0.6 is 11.3 Å². The van der Waals surface area contributed by atoms with Crippen molar-refractivity contribution in [2.24, 2.45) is 7.05 Å². The number of anilines is 3. The lowest BCUT2D eigenvalue weighted by molar-refractivity contribution is -0.137. The van der Waals surface area contributed by atoms with Crippen molar-refractivity contribution in [1.29, 1.82) is 0 Å². The number of aromatic nitrogens is 3. The van der Waals surface area contributed by atoms with Crippen molar-refractivity contribution in [3.63, 3.8) is 0 Å². The highest BCUT2D eigenvalue weighted by Gasteiger charge is 2.31. The van der Waals surface area contributed by atoms with Crippen molar-refractivity contribution in [1.82, 2.24) is 14.8 Å². The number of carbonyl (C=O) groups excluding carboxylic acids is 1. The maximum atomic E-state index is 13.1. The van der Waals surface area contributed by atoms with Crippen molar-refractivity contribution in [3.05, 3.63) is 58.1 Å². The van der Waals surface area contributed by atoms with E-state index < -0.39 is 17.6 Å². The number of amides is 1. The van der Waals surface area contributed by atoms with E-state index in [2.05, 4.69) is 20.7 Å². The third kappa shape index (κ3) is 3.98. The molecule has 3 N–H and O–H groups in total. The van der Waals surface area contributed by atoms with Crippen molar-refractivity contribution in [2.75, 3.05) is 10.6 Å². The Balaban J connectivity index is 1.59. The highest BCUT2D eigenvalue weighted by molar-refractivity contribution is 7.17. The number of aromatic hydroxyl groups is 1. The zero-order valence-electron chi connectivity index (χ0n) is 17.2. The number of nitrogens with one attached hydrogen (secondary N) is 2. The van der Waals surface area contributed by atoms with E-state index in [1.54, 1.807) is 26.1 Å². The summed E-state index contributed by atoms with van der Waals surface area (Å²) in [4.78, 5) is 17.1. The first kappa shape index (κ1) is 21.6. The fourth-order valence-electron chi connectivity index (χ4n) is 3.28. The molecule has 0 saturated carbocycles. The molecule has 4 aromatic rings. The Morgan fingerprint density at radius 3 is 2.66 bits per heavy atom. The minimum absolute atomic E-state index is 0.0674. The standard InChI is InChI=1S/C21H18F3N5O2S/c1-10-4-7-15(30)11(2)17(10)26-19(31)16-9-25-20(32-16)27-18-13-8-12(21(22,23)24)5-6-14(13)29(3)28-18/h4-9,30H,1-3H3,(H,26,31)(H,25,27,28). The van der Waals surface area contributed by atoms with Crippen LogP contribution in [0.15, 0.2) is 36.5 Å². The van der Waals surface area contributed by atoms with Gasteiger partial charge in [-0.1, -0.05) is 17.4 Å². The van der Waals surface area contributed by atoms with Gasteiger partial charge in [-0.05, 0) is 43.7 Å². The Kier molecular flexibility index (Phi) is 5.29. The Hall–Kier alpha value is -3.60. The number of nitrogens with zero attached hydrogens (tertiary/aromatic N) is 3. The fourth-order valence-corrected chi connectivity index (χ4v) is 3.99. The molecular weight excluding hydrogens is 443 g/mol. The molecular formula is C21H18F3N5O2S. The summed E-state index contributed by atoms with van der Waals surface area (Å²) >= 11 is 1.03. The molecule has 166 valence electrons. The third-order valence-corrected chi connectivity index (χ3v) is 5.93. The largest absolute Gasteiger partial charge is 0.508 e. The van der Waals surface area contributed by atoms with Crippen LogP contribution in [0.25, 0.3) is 10.9 Å². The van der Waals surface area contributed by atoms with Gasteiger partial charge >= 0.3 is 6.18 Å². The van der Waals surface area contributed by atoms with E-state index in [0.717, 1.165) is 29.0 Å². The summed E-state index contributed by atoms with van der Waals surface area (Å²) in [6, 6.07) is 6.64. The van der Waals surface area contributed by atoms with Crippen LogP contribution in [0, 0.1) is 13.8 Å². The summed E-state index contributed by atoms with van der Waals surface area (Å²) < 4.78 is 40.8. The van der Waals surface area contributed by atoms with E-state index in [4.69, 9.17) is 0 Å². The number of hydrogen-bond donors (Lipinski definition) is 3. The number of hydrogen-bond acceptors (Lipinski definition) is 6. The van der Waals surface area contributed by atoms with Gasteiger partial charge in [-0.2, -0.15) is 18.3 Å². The number of aryl methyl sites for hydroxylation is 2. The number of thiazole rings is 1. The van der Waals surface area contributed by atoms with Crippen molar-refractivity contribution in [2.45, 2.75) is 20.0 Å². The molecule has 0 saturated heterocycles. The zero-order valence-corrected chi connectivity index (χ0v) is 18.0. The van der Waals surface area contributed by atoms with E-state index >= 15 is 0 Å². The van der Waals surface area contributed by atoms with Crippen LogP contribution in [0.4, 0.5) is 29.8 Å². The number of halogens is 3. The number of phenolic OH excluding ortho intramolecular Hbond substituents is 1. The van der Waals surface area contributed by atoms with E-state index in [0.29, 0.717) is 21.9 Å². The van der Waals surface area contributed by atoms with E-state index in [9.17, 15) is 23.1 Å². The second-order valence-corrected chi connectivity index (χ2v) is 8.24. The molecule has 0 spiro atoms. The second-order valence-electron chi connectivity index (χ2n) is 7.21. The molecule has 2 aromatic carbocycles. The van der Waals surface area contributed by atoms with Gasteiger partial charge in [-0.3, -0.25) is 9.48 Å². The third-order valence-electron chi connectivity index (χ3n) is 5.02. The molecule has 0 aliphatic carbocycles. The van der Waals surface area contributed by atoms with Gasteiger partial charge in [0.1, 0.15) is 10.6 Å². The fraction of sp³-hybridized carbons (Fsp3) is 0.190. The number of phenols is 1. The molecule has 0 atom stereocenters. The molecule has 0 radical (unpaired) electrons. The van der Waals surface area contributed by atoms with Gasteiger partial charge in [0.25, 0.3) is 5.91 Å². The molecule has 0 aliphatic rings. The minimum Gasteiger partial charge on any atom is -0.508 e. The summed E-state index contributed by atoms with van der Waals surface area (Å²) in [6.07, 6.45) is -3.11. The number of rotatable bonds is 4. The van der Waals surface area contributed by atoms with Gasteiger partial charge in [0.05, 0.1) is 23.0 Å².